The third-order valence-corrected chi connectivity index (χ3v) is 5.42. The molecule has 0 aliphatic heterocycles. The molecule has 142 valence electrons. The Hall–Kier alpha value is -2.91. The number of rotatable bonds is 8. The molecule has 2 aromatic heterocycles. The maximum Gasteiger partial charge on any atom is 0.251 e. The molecule has 0 fully saturated rings. The SMILES string of the molecule is Cn1ccnc1CCNC(=O)c1ccc(S(=O)(=O)NCc2ccco2)cc1. The number of hydrogen-bond donors (Lipinski definition) is 2. The fourth-order valence-corrected chi connectivity index (χ4v) is 3.47. The summed E-state index contributed by atoms with van der Waals surface area (Å²) >= 11 is 0. The summed E-state index contributed by atoms with van der Waals surface area (Å²) < 4.78 is 34.0. The van der Waals surface area contributed by atoms with Crippen LogP contribution in [-0.4, -0.2) is 30.4 Å². The second kappa shape index (κ2) is 8.19. The Labute approximate surface area is 157 Å². The number of aryl methyl sites for hydroxylation is 1. The highest BCUT2D eigenvalue weighted by Gasteiger charge is 2.15. The van der Waals surface area contributed by atoms with Crippen LogP contribution in [0.5, 0.6) is 0 Å². The van der Waals surface area contributed by atoms with E-state index in [4.69, 9.17) is 4.42 Å². The number of carbonyl (C=O) groups is 1. The average molecular weight is 388 g/mol. The summed E-state index contributed by atoms with van der Waals surface area (Å²) in [6.45, 7) is 0.499. The van der Waals surface area contributed by atoms with E-state index in [9.17, 15) is 13.2 Å². The molecule has 0 saturated carbocycles. The smallest absolute Gasteiger partial charge is 0.251 e. The molecular weight excluding hydrogens is 368 g/mol. The number of sulfonamides is 1. The normalized spacial score (nSPS) is 11.4. The van der Waals surface area contributed by atoms with Crippen molar-refractivity contribution in [3.05, 3.63) is 72.2 Å². The molecule has 0 radical (unpaired) electrons. The second-order valence-electron chi connectivity index (χ2n) is 5.89. The third-order valence-electron chi connectivity index (χ3n) is 4.00. The molecule has 0 saturated heterocycles. The van der Waals surface area contributed by atoms with Gasteiger partial charge in [-0.3, -0.25) is 4.79 Å². The van der Waals surface area contributed by atoms with Crippen LogP contribution in [0.25, 0.3) is 0 Å². The molecule has 3 rings (SSSR count). The van der Waals surface area contributed by atoms with E-state index in [0.29, 0.717) is 24.3 Å². The number of amides is 1. The molecule has 8 nitrogen and oxygen atoms in total. The Morgan fingerprint density at radius 3 is 2.63 bits per heavy atom. The lowest BCUT2D eigenvalue weighted by Gasteiger charge is -2.08. The van der Waals surface area contributed by atoms with E-state index < -0.39 is 10.0 Å². The van der Waals surface area contributed by atoms with E-state index >= 15 is 0 Å². The summed E-state index contributed by atoms with van der Waals surface area (Å²) in [7, 11) is -1.79. The maximum absolute atomic E-state index is 12.3. The fourth-order valence-electron chi connectivity index (χ4n) is 2.48. The Bertz CT molecular complexity index is 992. The van der Waals surface area contributed by atoms with Gasteiger partial charge in [0.05, 0.1) is 17.7 Å². The van der Waals surface area contributed by atoms with Gasteiger partial charge in [0.2, 0.25) is 10.0 Å². The van der Waals surface area contributed by atoms with Crippen molar-refractivity contribution in [3.8, 4) is 0 Å². The predicted molar refractivity (Wildman–Crippen MR) is 98.4 cm³/mol. The number of furan rings is 1. The third kappa shape index (κ3) is 4.83. The lowest BCUT2D eigenvalue weighted by Crippen LogP contribution is -2.26. The lowest BCUT2D eigenvalue weighted by molar-refractivity contribution is 0.0954. The highest BCUT2D eigenvalue weighted by molar-refractivity contribution is 7.89. The predicted octanol–water partition coefficient (Wildman–Crippen LogP) is 1.46. The number of imidazole rings is 1. The average Bonchev–Trinajstić information content (AvgIpc) is 3.32. The van der Waals surface area contributed by atoms with E-state index in [0.717, 1.165) is 5.82 Å². The van der Waals surface area contributed by atoms with Crippen molar-refractivity contribution in [1.29, 1.82) is 0 Å². The number of nitrogens with zero attached hydrogens (tertiary/aromatic N) is 2. The number of carbonyl (C=O) groups excluding carboxylic acids is 1. The summed E-state index contributed by atoms with van der Waals surface area (Å²) in [5, 5.41) is 2.80. The summed E-state index contributed by atoms with van der Waals surface area (Å²) in [6, 6.07) is 9.14. The first-order valence-electron chi connectivity index (χ1n) is 8.32. The Kier molecular flexibility index (Phi) is 5.72. The molecule has 0 bridgehead atoms. The molecule has 9 heteroatoms. The molecule has 1 aromatic carbocycles. The monoisotopic (exact) mass is 388 g/mol. The molecular formula is C18H20N4O4S. The molecule has 2 N–H and O–H groups in total. The number of aromatic nitrogens is 2. The molecule has 2 heterocycles. The van der Waals surface area contributed by atoms with Crippen LogP contribution < -0.4 is 10.0 Å². The molecule has 0 atom stereocenters. The van der Waals surface area contributed by atoms with Crippen molar-refractivity contribution < 1.29 is 17.6 Å². The Balaban J connectivity index is 1.55. The molecule has 3 aromatic rings. The van der Waals surface area contributed by atoms with E-state index in [1.54, 1.807) is 18.3 Å². The van der Waals surface area contributed by atoms with E-state index in [2.05, 4.69) is 15.0 Å². The van der Waals surface area contributed by atoms with Crippen molar-refractivity contribution in [3.63, 3.8) is 0 Å². The molecule has 1 amide bonds. The quantitative estimate of drug-likeness (QED) is 0.608. The number of hydrogen-bond acceptors (Lipinski definition) is 5. The maximum atomic E-state index is 12.3. The Morgan fingerprint density at radius 1 is 1.22 bits per heavy atom. The van der Waals surface area contributed by atoms with Crippen molar-refractivity contribution in [1.82, 2.24) is 19.6 Å². The van der Waals surface area contributed by atoms with Crippen LogP contribution in [0.2, 0.25) is 0 Å². The van der Waals surface area contributed by atoms with E-state index in [1.165, 1.54) is 30.5 Å². The summed E-state index contributed by atoms with van der Waals surface area (Å²) in [5.41, 5.74) is 0.389. The van der Waals surface area contributed by atoms with Gasteiger partial charge in [-0.25, -0.2) is 18.1 Å². The van der Waals surface area contributed by atoms with Gasteiger partial charge < -0.3 is 14.3 Å². The number of benzene rings is 1. The van der Waals surface area contributed by atoms with Crippen molar-refractivity contribution in [2.45, 2.75) is 17.9 Å². The first kappa shape index (κ1) is 18.9. The molecule has 0 unspecified atom stereocenters. The highest BCUT2D eigenvalue weighted by Crippen LogP contribution is 2.12. The standard InChI is InChI=1S/C18H20N4O4S/c1-22-11-10-19-17(22)8-9-20-18(23)14-4-6-16(7-5-14)27(24,25)21-13-15-3-2-12-26-15/h2-7,10-12,21H,8-9,13H2,1H3,(H,20,23). The summed E-state index contributed by atoms with van der Waals surface area (Å²) in [6.07, 6.45) is 5.63. The van der Waals surface area contributed by atoms with Crippen molar-refractivity contribution in [2.24, 2.45) is 7.05 Å². The van der Waals surface area contributed by atoms with Crippen molar-refractivity contribution in [2.75, 3.05) is 6.54 Å². The van der Waals surface area contributed by atoms with Crippen LogP contribution in [0.15, 0.2) is 64.4 Å². The van der Waals surface area contributed by atoms with Gasteiger partial charge in [-0.15, -0.1) is 0 Å². The minimum atomic E-state index is -3.68. The molecule has 0 spiro atoms. The van der Waals surface area contributed by atoms with Crippen LogP contribution in [0, 0.1) is 0 Å². The topological polar surface area (TPSA) is 106 Å². The van der Waals surface area contributed by atoms with E-state index in [-0.39, 0.29) is 17.3 Å². The second-order valence-corrected chi connectivity index (χ2v) is 7.66. The van der Waals surface area contributed by atoms with Crippen LogP contribution in [0.4, 0.5) is 0 Å². The van der Waals surface area contributed by atoms with Gasteiger partial charge in [-0.2, -0.15) is 0 Å². The zero-order valence-corrected chi connectivity index (χ0v) is 15.6. The van der Waals surface area contributed by atoms with Gasteiger partial charge in [0.15, 0.2) is 0 Å². The van der Waals surface area contributed by atoms with Gasteiger partial charge in [0.25, 0.3) is 5.91 Å². The lowest BCUT2D eigenvalue weighted by atomic mass is 10.2. The zero-order valence-electron chi connectivity index (χ0n) is 14.8. The van der Waals surface area contributed by atoms with Crippen LogP contribution in [0.3, 0.4) is 0 Å². The fraction of sp³-hybridized carbons (Fsp3) is 0.222. The molecule has 0 aliphatic rings. The van der Waals surface area contributed by atoms with Crippen molar-refractivity contribution >= 4 is 15.9 Å². The van der Waals surface area contributed by atoms with Crippen LogP contribution in [0.1, 0.15) is 21.9 Å². The molecule has 0 aliphatic carbocycles. The zero-order chi connectivity index (χ0) is 19.3. The minimum absolute atomic E-state index is 0.0603. The summed E-state index contributed by atoms with van der Waals surface area (Å²) in [4.78, 5) is 16.5. The van der Waals surface area contributed by atoms with Gasteiger partial charge in [-0.1, -0.05) is 0 Å². The van der Waals surface area contributed by atoms with Gasteiger partial charge >= 0.3 is 0 Å². The first-order valence-corrected chi connectivity index (χ1v) is 9.80. The minimum Gasteiger partial charge on any atom is -0.468 e. The highest BCUT2D eigenvalue weighted by atomic mass is 32.2. The van der Waals surface area contributed by atoms with Gasteiger partial charge in [0.1, 0.15) is 11.6 Å². The first-order chi connectivity index (χ1) is 13.0. The Morgan fingerprint density at radius 2 is 2.00 bits per heavy atom. The van der Waals surface area contributed by atoms with Gasteiger partial charge in [-0.05, 0) is 36.4 Å². The largest absolute Gasteiger partial charge is 0.468 e. The summed E-state index contributed by atoms with van der Waals surface area (Å²) in [5.74, 6) is 1.12. The van der Waals surface area contributed by atoms with Gasteiger partial charge in [0, 0.05) is 38.0 Å². The number of nitrogens with one attached hydrogen (secondary N) is 2. The molecule has 27 heavy (non-hydrogen) atoms. The van der Waals surface area contributed by atoms with E-state index in [1.807, 2.05) is 17.8 Å². The van der Waals surface area contributed by atoms with Crippen LogP contribution in [-0.2, 0) is 30.0 Å². The van der Waals surface area contributed by atoms with Crippen LogP contribution >= 0.6 is 0 Å².